The van der Waals surface area contributed by atoms with Crippen molar-refractivity contribution in [2.75, 3.05) is 18.5 Å². The maximum atomic E-state index is 11.0. The van der Waals surface area contributed by atoms with E-state index in [2.05, 4.69) is 20.8 Å². The van der Waals surface area contributed by atoms with E-state index in [-0.39, 0.29) is 24.5 Å². The largest absolute Gasteiger partial charge is 0.395 e. The van der Waals surface area contributed by atoms with Gasteiger partial charge in [-0.05, 0) is 6.07 Å². The number of nitrogens with zero attached hydrogens (tertiary/aromatic N) is 1. The molecule has 14 heavy (non-hydrogen) atoms. The van der Waals surface area contributed by atoms with Gasteiger partial charge in [0, 0.05) is 12.6 Å². The summed E-state index contributed by atoms with van der Waals surface area (Å²) in [6, 6.07) is 2.13. The van der Waals surface area contributed by atoms with Crippen LogP contribution in [0.1, 0.15) is 0 Å². The first-order valence-corrected chi connectivity index (χ1v) is 3.94. The number of aromatic amines is 1. The summed E-state index contributed by atoms with van der Waals surface area (Å²) in [5.74, 6) is 0.236. The van der Waals surface area contributed by atoms with Crippen molar-refractivity contribution in [2.45, 2.75) is 0 Å². The van der Waals surface area contributed by atoms with Crippen LogP contribution in [0.2, 0.25) is 0 Å². The van der Waals surface area contributed by atoms with Crippen molar-refractivity contribution >= 4 is 11.8 Å². The number of hydrogen-bond donors (Lipinski definition) is 4. The fourth-order valence-corrected chi connectivity index (χ4v) is 0.744. The van der Waals surface area contributed by atoms with Gasteiger partial charge in [-0.2, -0.15) is 5.10 Å². The Morgan fingerprint density at radius 2 is 2.36 bits per heavy atom. The lowest BCUT2D eigenvalue weighted by Crippen LogP contribution is -2.31. The molecule has 1 rings (SSSR count). The monoisotopic (exact) mass is 198 g/mol. The third kappa shape index (κ3) is 3.23. The fourth-order valence-electron chi connectivity index (χ4n) is 0.744. The van der Waals surface area contributed by atoms with Crippen LogP contribution in [0, 0.1) is 0 Å². The number of rotatable bonds is 3. The van der Waals surface area contributed by atoms with Gasteiger partial charge in [-0.3, -0.25) is 10.1 Å². The Hall–Kier alpha value is -1.89. The van der Waals surface area contributed by atoms with Crippen LogP contribution in [-0.2, 0) is 0 Å². The first kappa shape index (κ1) is 10.2. The average Bonchev–Trinajstić information content (AvgIpc) is 2.18. The van der Waals surface area contributed by atoms with E-state index < -0.39 is 6.03 Å². The van der Waals surface area contributed by atoms with Crippen molar-refractivity contribution in [3.8, 4) is 0 Å². The van der Waals surface area contributed by atoms with Crippen LogP contribution in [-0.4, -0.2) is 34.5 Å². The minimum absolute atomic E-state index is 0.132. The molecule has 0 bridgehead atoms. The van der Waals surface area contributed by atoms with Crippen molar-refractivity contribution in [1.29, 1.82) is 0 Å². The lowest BCUT2D eigenvalue weighted by molar-refractivity contribution is 0.244. The Morgan fingerprint density at radius 1 is 1.57 bits per heavy atom. The molecule has 0 aliphatic heterocycles. The van der Waals surface area contributed by atoms with Gasteiger partial charge < -0.3 is 10.4 Å². The highest BCUT2D eigenvalue weighted by molar-refractivity contribution is 5.87. The normalized spacial score (nSPS) is 9.50. The molecule has 4 N–H and O–H groups in total. The van der Waals surface area contributed by atoms with E-state index in [9.17, 15) is 9.59 Å². The van der Waals surface area contributed by atoms with E-state index in [1.165, 1.54) is 12.1 Å². The predicted octanol–water partition coefficient (Wildman–Crippen LogP) is -1.12. The molecule has 0 spiro atoms. The summed E-state index contributed by atoms with van der Waals surface area (Å²) < 4.78 is 0. The number of H-pyrrole nitrogens is 1. The number of carbonyl (C=O) groups excluding carboxylic acids is 1. The highest BCUT2D eigenvalue weighted by Crippen LogP contribution is 1.94. The van der Waals surface area contributed by atoms with E-state index in [4.69, 9.17) is 5.11 Å². The third-order valence-electron chi connectivity index (χ3n) is 1.32. The van der Waals surface area contributed by atoms with Crippen molar-refractivity contribution in [1.82, 2.24) is 15.5 Å². The van der Waals surface area contributed by atoms with Gasteiger partial charge in [-0.25, -0.2) is 9.89 Å². The molecule has 2 amide bonds. The van der Waals surface area contributed by atoms with Gasteiger partial charge in [-0.15, -0.1) is 0 Å². The molecule has 0 saturated heterocycles. The molecule has 0 aliphatic carbocycles. The zero-order valence-corrected chi connectivity index (χ0v) is 7.28. The quantitative estimate of drug-likeness (QED) is 0.493. The second-order valence-electron chi connectivity index (χ2n) is 2.41. The van der Waals surface area contributed by atoms with Crippen LogP contribution < -0.4 is 16.2 Å². The molecule has 0 fully saturated rings. The molecule has 0 aliphatic rings. The minimum atomic E-state index is -0.487. The number of nitrogens with one attached hydrogen (secondary N) is 3. The molecule has 1 heterocycles. The topological polar surface area (TPSA) is 107 Å². The molecule has 76 valence electrons. The number of amides is 2. The van der Waals surface area contributed by atoms with Gasteiger partial charge in [-0.1, -0.05) is 0 Å². The zero-order chi connectivity index (χ0) is 10.4. The van der Waals surface area contributed by atoms with E-state index in [1.54, 1.807) is 0 Å². The summed E-state index contributed by atoms with van der Waals surface area (Å²) >= 11 is 0. The van der Waals surface area contributed by atoms with Crippen LogP contribution in [0.25, 0.3) is 0 Å². The van der Waals surface area contributed by atoms with E-state index in [0.29, 0.717) is 0 Å². The second kappa shape index (κ2) is 4.97. The molecule has 7 heteroatoms. The Morgan fingerprint density at radius 3 is 2.93 bits per heavy atom. The molecule has 0 unspecified atom stereocenters. The van der Waals surface area contributed by atoms with Crippen molar-refractivity contribution in [3.63, 3.8) is 0 Å². The number of anilines is 1. The van der Waals surface area contributed by atoms with Crippen molar-refractivity contribution in [3.05, 3.63) is 22.5 Å². The maximum absolute atomic E-state index is 11.0. The van der Waals surface area contributed by atoms with Gasteiger partial charge >= 0.3 is 6.03 Å². The Bertz CT molecular complexity index is 342. The summed E-state index contributed by atoms with van der Waals surface area (Å²) in [4.78, 5) is 21.6. The molecular weight excluding hydrogens is 188 g/mol. The Labute approximate surface area is 79.2 Å². The van der Waals surface area contributed by atoms with Gasteiger partial charge in [0.05, 0.1) is 6.61 Å². The van der Waals surface area contributed by atoms with Gasteiger partial charge in [0.15, 0.2) is 5.82 Å². The van der Waals surface area contributed by atoms with Crippen LogP contribution in [0.3, 0.4) is 0 Å². The molecule has 1 aromatic heterocycles. The van der Waals surface area contributed by atoms with Crippen LogP contribution in [0.5, 0.6) is 0 Å². The summed E-state index contributed by atoms with van der Waals surface area (Å²) in [7, 11) is 0. The number of hydrogen-bond acceptors (Lipinski definition) is 4. The summed E-state index contributed by atoms with van der Waals surface area (Å²) in [6.07, 6.45) is 0. The SMILES string of the molecule is O=C(NCCO)Nc1ccc(=O)[nH]n1. The lowest BCUT2D eigenvalue weighted by Gasteiger charge is -2.03. The van der Waals surface area contributed by atoms with E-state index in [0.717, 1.165) is 0 Å². The maximum Gasteiger partial charge on any atom is 0.320 e. The molecule has 0 aromatic carbocycles. The van der Waals surface area contributed by atoms with Gasteiger partial charge in [0.2, 0.25) is 0 Å². The molecular formula is C7H10N4O3. The zero-order valence-electron chi connectivity index (χ0n) is 7.28. The standard InChI is InChI=1S/C7H10N4O3/c12-4-3-8-7(14)9-5-1-2-6(13)11-10-5/h1-2,12H,3-4H2,(H,11,13)(H2,8,9,10,14). The first-order valence-electron chi connectivity index (χ1n) is 3.94. The number of aliphatic hydroxyl groups is 1. The summed E-state index contributed by atoms with van der Waals surface area (Å²) in [5, 5.41) is 18.9. The second-order valence-corrected chi connectivity index (χ2v) is 2.41. The molecule has 1 aromatic rings. The van der Waals surface area contributed by atoms with Crippen LogP contribution in [0.4, 0.5) is 10.6 Å². The summed E-state index contributed by atoms with van der Waals surface area (Å²) in [5.41, 5.74) is -0.341. The first-order chi connectivity index (χ1) is 6.72. The van der Waals surface area contributed by atoms with Crippen LogP contribution in [0.15, 0.2) is 16.9 Å². The van der Waals surface area contributed by atoms with Gasteiger partial charge in [0.1, 0.15) is 0 Å². The minimum Gasteiger partial charge on any atom is -0.395 e. The number of aliphatic hydroxyl groups excluding tert-OH is 1. The lowest BCUT2D eigenvalue weighted by atomic mass is 10.5. The van der Waals surface area contributed by atoms with Crippen molar-refractivity contribution in [2.24, 2.45) is 0 Å². The fraction of sp³-hybridized carbons (Fsp3) is 0.286. The van der Waals surface area contributed by atoms with Crippen molar-refractivity contribution < 1.29 is 9.90 Å². The Balaban J connectivity index is 2.48. The number of aromatic nitrogens is 2. The molecule has 0 atom stereocenters. The third-order valence-corrected chi connectivity index (χ3v) is 1.32. The van der Waals surface area contributed by atoms with E-state index >= 15 is 0 Å². The molecule has 7 nitrogen and oxygen atoms in total. The predicted molar refractivity (Wildman–Crippen MR) is 49.0 cm³/mol. The molecule has 0 saturated carbocycles. The van der Waals surface area contributed by atoms with Gasteiger partial charge in [0.25, 0.3) is 5.56 Å². The highest BCUT2D eigenvalue weighted by Gasteiger charge is 2.00. The Kier molecular flexibility index (Phi) is 3.62. The average molecular weight is 198 g/mol. The number of urea groups is 1. The van der Waals surface area contributed by atoms with Crippen LogP contribution >= 0.6 is 0 Å². The summed E-state index contributed by atoms with van der Waals surface area (Å²) in [6.45, 7) is 0.0294. The smallest absolute Gasteiger partial charge is 0.320 e. The highest BCUT2D eigenvalue weighted by atomic mass is 16.3. The van der Waals surface area contributed by atoms with E-state index in [1.807, 2.05) is 0 Å². The molecule has 0 radical (unpaired) electrons. The number of carbonyl (C=O) groups is 1.